The summed E-state index contributed by atoms with van der Waals surface area (Å²) >= 11 is 11.2. The summed E-state index contributed by atoms with van der Waals surface area (Å²) in [5, 5.41) is 7.56. The summed E-state index contributed by atoms with van der Waals surface area (Å²) in [5.74, 6) is 0. The zero-order valence-corrected chi connectivity index (χ0v) is 12.3. The third kappa shape index (κ3) is 5.67. The summed E-state index contributed by atoms with van der Waals surface area (Å²) < 4.78 is 5.24. The fourth-order valence-corrected chi connectivity index (χ4v) is 1.77. The molecule has 0 atom stereocenters. The monoisotopic (exact) mass is 286 g/mol. The van der Waals surface area contributed by atoms with E-state index in [0.717, 1.165) is 42.5 Å². The summed E-state index contributed by atoms with van der Waals surface area (Å²) in [6, 6.07) is 5.78. The van der Waals surface area contributed by atoms with Crippen LogP contribution in [-0.2, 0) is 4.74 Å². The lowest BCUT2D eigenvalue weighted by molar-refractivity contribution is 0.146. The van der Waals surface area contributed by atoms with Crippen molar-refractivity contribution in [1.82, 2.24) is 5.32 Å². The summed E-state index contributed by atoms with van der Waals surface area (Å²) in [6.07, 6.45) is 0.935. The molecule has 0 heterocycles. The van der Waals surface area contributed by atoms with Gasteiger partial charge in [0.15, 0.2) is 5.11 Å². The molecule has 0 aliphatic rings. The number of halogens is 1. The van der Waals surface area contributed by atoms with Crippen LogP contribution in [-0.4, -0.2) is 24.9 Å². The number of rotatable bonds is 6. The number of hydrogen-bond acceptors (Lipinski definition) is 2. The molecule has 100 valence electrons. The summed E-state index contributed by atoms with van der Waals surface area (Å²) in [6.45, 7) is 6.26. The Kier molecular flexibility index (Phi) is 7.01. The first-order valence-electron chi connectivity index (χ1n) is 6.02. The zero-order chi connectivity index (χ0) is 13.4. The third-order valence-electron chi connectivity index (χ3n) is 2.38. The van der Waals surface area contributed by atoms with E-state index in [-0.39, 0.29) is 0 Å². The minimum atomic E-state index is 0.603. The Balaban J connectivity index is 2.29. The van der Waals surface area contributed by atoms with Crippen LogP contribution in [0.2, 0.25) is 5.02 Å². The van der Waals surface area contributed by atoms with E-state index in [2.05, 4.69) is 10.6 Å². The summed E-state index contributed by atoms with van der Waals surface area (Å²) in [7, 11) is 0. The maximum Gasteiger partial charge on any atom is 0.170 e. The van der Waals surface area contributed by atoms with Gasteiger partial charge in [-0.05, 0) is 50.2 Å². The molecule has 0 radical (unpaired) electrons. The molecule has 5 heteroatoms. The zero-order valence-electron chi connectivity index (χ0n) is 10.8. The minimum absolute atomic E-state index is 0.603. The molecule has 1 rings (SSSR count). The maximum absolute atomic E-state index is 6.04. The van der Waals surface area contributed by atoms with Gasteiger partial charge in [-0.15, -0.1) is 0 Å². The van der Waals surface area contributed by atoms with Crippen molar-refractivity contribution in [3.05, 3.63) is 28.8 Å². The molecule has 0 aliphatic heterocycles. The largest absolute Gasteiger partial charge is 0.382 e. The molecule has 0 aliphatic carbocycles. The second kappa shape index (κ2) is 8.29. The lowest BCUT2D eigenvalue weighted by Crippen LogP contribution is -2.29. The molecule has 1 aromatic carbocycles. The molecule has 18 heavy (non-hydrogen) atoms. The van der Waals surface area contributed by atoms with Crippen LogP contribution in [0.15, 0.2) is 18.2 Å². The highest BCUT2D eigenvalue weighted by molar-refractivity contribution is 7.80. The fraction of sp³-hybridized carbons (Fsp3) is 0.462. The highest BCUT2D eigenvalue weighted by Crippen LogP contribution is 2.19. The Hall–Kier alpha value is -0.840. The normalized spacial score (nSPS) is 10.2. The van der Waals surface area contributed by atoms with E-state index in [0.29, 0.717) is 5.11 Å². The van der Waals surface area contributed by atoms with Crippen LogP contribution < -0.4 is 10.6 Å². The topological polar surface area (TPSA) is 33.3 Å². The van der Waals surface area contributed by atoms with Gasteiger partial charge in [0.2, 0.25) is 0 Å². The van der Waals surface area contributed by atoms with E-state index in [4.69, 9.17) is 28.6 Å². The molecule has 0 spiro atoms. The van der Waals surface area contributed by atoms with E-state index >= 15 is 0 Å². The van der Waals surface area contributed by atoms with Gasteiger partial charge in [0.25, 0.3) is 0 Å². The molecule has 0 unspecified atom stereocenters. The van der Waals surface area contributed by atoms with Gasteiger partial charge < -0.3 is 15.4 Å². The molecule has 0 fully saturated rings. The summed E-state index contributed by atoms with van der Waals surface area (Å²) in [5.41, 5.74) is 1.95. The number of aryl methyl sites for hydroxylation is 1. The van der Waals surface area contributed by atoms with Crippen LogP contribution in [0.1, 0.15) is 18.9 Å². The number of thiocarbonyl (C=S) groups is 1. The van der Waals surface area contributed by atoms with Gasteiger partial charge >= 0.3 is 0 Å². The van der Waals surface area contributed by atoms with Gasteiger partial charge in [-0.2, -0.15) is 0 Å². The Morgan fingerprint density at radius 3 is 2.89 bits per heavy atom. The second-order valence-corrected chi connectivity index (χ2v) is 4.71. The predicted octanol–water partition coefficient (Wildman–Crippen LogP) is 3.36. The maximum atomic E-state index is 6.04. The Labute approximate surface area is 119 Å². The number of ether oxygens (including phenoxy) is 1. The first-order chi connectivity index (χ1) is 8.63. The van der Waals surface area contributed by atoms with Gasteiger partial charge in [-0.3, -0.25) is 0 Å². The van der Waals surface area contributed by atoms with Gasteiger partial charge in [0.1, 0.15) is 0 Å². The van der Waals surface area contributed by atoms with Crippen molar-refractivity contribution in [1.29, 1.82) is 0 Å². The number of nitrogens with one attached hydrogen (secondary N) is 2. The van der Waals surface area contributed by atoms with Crippen molar-refractivity contribution in [2.45, 2.75) is 20.3 Å². The van der Waals surface area contributed by atoms with Gasteiger partial charge in [-0.1, -0.05) is 17.7 Å². The lowest BCUT2D eigenvalue weighted by atomic mass is 10.2. The number of anilines is 1. The number of hydrogen-bond donors (Lipinski definition) is 2. The molecule has 0 saturated carbocycles. The highest BCUT2D eigenvalue weighted by atomic mass is 35.5. The molecular formula is C13H19ClN2OS. The smallest absolute Gasteiger partial charge is 0.170 e. The van der Waals surface area contributed by atoms with Crippen LogP contribution in [0.25, 0.3) is 0 Å². The highest BCUT2D eigenvalue weighted by Gasteiger charge is 2.00. The molecule has 0 saturated heterocycles. The van der Waals surface area contributed by atoms with Crippen LogP contribution in [0.4, 0.5) is 5.69 Å². The van der Waals surface area contributed by atoms with E-state index in [1.54, 1.807) is 0 Å². The average molecular weight is 287 g/mol. The number of benzene rings is 1. The Morgan fingerprint density at radius 1 is 1.44 bits per heavy atom. The average Bonchev–Trinajstić information content (AvgIpc) is 2.34. The van der Waals surface area contributed by atoms with Crippen LogP contribution in [0, 0.1) is 6.92 Å². The molecular weight excluding hydrogens is 268 g/mol. The third-order valence-corrected chi connectivity index (χ3v) is 3.04. The Morgan fingerprint density at radius 2 is 2.22 bits per heavy atom. The van der Waals surface area contributed by atoms with Crippen molar-refractivity contribution in [2.75, 3.05) is 25.1 Å². The molecule has 2 N–H and O–H groups in total. The van der Waals surface area contributed by atoms with E-state index in [9.17, 15) is 0 Å². The summed E-state index contributed by atoms with van der Waals surface area (Å²) in [4.78, 5) is 0. The first-order valence-corrected chi connectivity index (χ1v) is 6.81. The van der Waals surface area contributed by atoms with Crippen LogP contribution in [0.5, 0.6) is 0 Å². The van der Waals surface area contributed by atoms with Gasteiger partial charge in [0, 0.05) is 30.5 Å². The van der Waals surface area contributed by atoms with Crippen molar-refractivity contribution in [3.63, 3.8) is 0 Å². The van der Waals surface area contributed by atoms with Crippen molar-refractivity contribution in [2.24, 2.45) is 0 Å². The van der Waals surface area contributed by atoms with Crippen LogP contribution >= 0.6 is 23.8 Å². The van der Waals surface area contributed by atoms with E-state index in [1.165, 1.54) is 0 Å². The van der Waals surface area contributed by atoms with Crippen molar-refractivity contribution >= 4 is 34.6 Å². The standard InChI is InChI=1S/C13H19ClN2OS/c1-3-17-8-4-7-15-13(18)16-11-6-5-10(2)12(14)9-11/h5-6,9H,3-4,7-8H2,1-2H3,(H2,15,16,18). The van der Waals surface area contributed by atoms with Gasteiger partial charge in [0.05, 0.1) is 0 Å². The van der Waals surface area contributed by atoms with E-state index in [1.807, 2.05) is 32.0 Å². The quantitative estimate of drug-likeness (QED) is 0.621. The molecule has 0 amide bonds. The minimum Gasteiger partial charge on any atom is -0.382 e. The fourth-order valence-electron chi connectivity index (χ4n) is 1.37. The van der Waals surface area contributed by atoms with Crippen LogP contribution in [0.3, 0.4) is 0 Å². The van der Waals surface area contributed by atoms with Crippen molar-refractivity contribution < 1.29 is 4.74 Å². The SMILES string of the molecule is CCOCCCNC(=S)Nc1ccc(C)c(Cl)c1. The molecule has 1 aromatic rings. The second-order valence-electron chi connectivity index (χ2n) is 3.90. The lowest BCUT2D eigenvalue weighted by Gasteiger charge is -2.11. The van der Waals surface area contributed by atoms with E-state index < -0.39 is 0 Å². The predicted molar refractivity (Wildman–Crippen MR) is 81.5 cm³/mol. The van der Waals surface area contributed by atoms with Crippen molar-refractivity contribution in [3.8, 4) is 0 Å². The molecule has 3 nitrogen and oxygen atoms in total. The first kappa shape index (κ1) is 15.2. The Bertz CT molecular complexity index is 399. The molecule has 0 bridgehead atoms. The molecule has 0 aromatic heterocycles. The van der Waals surface area contributed by atoms with Gasteiger partial charge in [-0.25, -0.2) is 0 Å².